The fraction of sp³-hybridized carbons (Fsp3) is 0.267. The lowest BCUT2D eigenvalue weighted by Gasteiger charge is -2.36. The molecule has 0 bridgehead atoms. The van der Waals surface area contributed by atoms with E-state index in [0.717, 1.165) is 11.9 Å². The molecule has 0 atom stereocenters. The van der Waals surface area contributed by atoms with Gasteiger partial charge in [-0.2, -0.15) is 0 Å². The van der Waals surface area contributed by atoms with Crippen molar-refractivity contribution in [1.29, 1.82) is 0 Å². The van der Waals surface area contributed by atoms with E-state index in [0.29, 0.717) is 36.9 Å². The van der Waals surface area contributed by atoms with Gasteiger partial charge in [0, 0.05) is 44.5 Å². The highest BCUT2D eigenvalue weighted by Crippen LogP contribution is 2.30. The Bertz CT molecular complexity index is 718. The summed E-state index contributed by atoms with van der Waals surface area (Å²) < 4.78 is 13.5. The maximum atomic E-state index is 13.5. The third kappa shape index (κ3) is 3.34. The van der Waals surface area contributed by atoms with Crippen molar-refractivity contribution in [3.8, 4) is 0 Å². The lowest BCUT2D eigenvalue weighted by Crippen LogP contribution is -2.47. The second kappa shape index (κ2) is 6.37. The zero-order valence-corrected chi connectivity index (χ0v) is 12.9. The van der Waals surface area contributed by atoms with Gasteiger partial charge in [0.05, 0.1) is 9.95 Å². The minimum Gasteiger partial charge on any atom is -0.362 e. The second-order valence-corrected chi connectivity index (χ2v) is 5.64. The smallest absolute Gasteiger partial charge is 0.292 e. The molecule has 0 spiro atoms. The van der Waals surface area contributed by atoms with E-state index in [1.54, 1.807) is 12.3 Å². The van der Waals surface area contributed by atoms with Crippen molar-refractivity contribution in [3.63, 3.8) is 0 Å². The van der Waals surface area contributed by atoms with Gasteiger partial charge in [0.1, 0.15) is 17.3 Å². The average molecular weight is 337 g/mol. The Morgan fingerprint density at radius 2 is 1.83 bits per heavy atom. The van der Waals surface area contributed by atoms with E-state index < -0.39 is 10.7 Å². The molecule has 1 fully saturated rings. The Morgan fingerprint density at radius 1 is 1.13 bits per heavy atom. The van der Waals surface area contributed by atoms with Crippen molar-refractivity contribution in [2.45, 2.75) is 0 Å². The molecular weight excluding hydrogens is 323 g/mol. The molecule has 1 aliphatic rings. The SMILES string of the molecule is O=[N+]([O-])c1ccc(F)cc1N1CCN(c2ccc(Cl)cn2)CC1. The predicted octanol–water partition coefficient (Wildman–Crippen LogP) is 3.11. The van der Waals surface area contributed by atoms with Crippen LogP contribution in [-0.4, -0.2) is 36.1 Å². The summed E-state index contributed by atoms with van der Waals surface area (Å²) >= 11 is 5.83. The van der Waals surface area contributed by atoms with Crippen molar-refractivity contribution in [2.24, 2.45) is 0 Å². The summed E-state index contributed by atoms with van der Waals surface area (Å²) in [5.74, 6) is 0.329. The molecule has 1 aromatic carbocycles. The van der Waals surface area contributed by atoms with Gasteiger partial charge in [0.25, 0.3) is 5.69 Å². The molecule has 8 heteroatoms. The number of pyridine rings is 1. The van der Waals surface area contributed by atoms with Crippen molar-refractivity contribution >= 4 is 28.8 Å². The zero-order valence-electron chi connectivity index (χ0n) is 12.2. The predicted molar refractivity (Wildman–Crippen MR) is 86.7 cm³/mol. The quantitative estimate of drug-likeness (QED) is 0.636. The Morgan fingerprint density at radius 3 is 2.43 bits per heavy atom. The van der Waals surface area contributed by atoms with Crippen LogP contribution in [0, 0.1) is 15.9 Å². The summed E-state index contributed by atoms with van der Waals surface area (Å²) in [5.41, 5.74) is 0.239. The molecule has 1 saturated heterocycles. The lowest BCUT2D eigenvalue weighted by molar-refractivity contribution is -0.384. The van der Waals surface area contributed by atoms with Crippen molar-refractivity contribution in [3.05, 3.63) is 57.5 Å². The van der Waals surface area contributed by atoms with Gasteiger partial charge in [0.15, 0.2) is 0 Å². The van der Waals surface area contributed by atoms with Crippen LogP contribution in [0.3, 0.4) is 0 Å². The van der Waals surface area contributed by atoms with Crippen LogP contribution in [0.4, 0.5) is 21.6 Å². The molecular formula is C15H14ClFN4O2. The summed E-state index contributed by atoms with van der Waals surface area (Å²) in [6.07, 6.45) is 1.58. The number of nitrogens with zero attached hydrogens (tertiary/aromatic N) is 4. The first-order valence-electron chi connectivity index (χ1n) is 7.10. The molecule has 1 aromatic heterocycles. The van der Waals surface area contributed by atoms with E-state index >= 15 is 0 Å². The van der Waals surface area contributed by atoms with Crippen LogP contribution < -0.4 is 9.80 Å². The highest BCUT2D eigenvalue weighted by molar-refractivity contribution is 6.30. The van der Waals surface area contributed by atoms with E-state index in [1.807, 2.05) is 11.0 Å². The number of aromatic nitrogens is 1. The molecule has 120 valence electrons. The first kappa shape index (κ1) is 15.5. The third-order valence-electron chi connectivity index (χ3n) is 3.79. The standard InChI is InChI=1S/C15H14ClFN4O2/c16-11-1-4-15(18-10-11)20-7-5-19(6-8-20)14-9-12(17)2-3-13(14)21(22)23/h1-4,9-10H,5-8H2. The van der Waals surface area contributed by atoms with Crippen LogP contribution in [0.25, 0.3) is 0 Å². The summed E-state index contributed by atoms with van der Waals surface area (Å²) in [7, 11) is 0. The zero-order chi connectivity index (χ0) is 16.4. The van der Waals surface area contributed by atoms with Crippen LogP contribution in [0.15, 0.2) is 36.5 Å². The summed E-state index contributed by atoms with van der Waals surface area (Å²) in [6, 6.07) is 7.14. The number of halogens is 2. The summed E-state index contributed by atoms with van der Waals surface area (Å²) in [6.45, 7) is 2.38. The van der Waals surface area contributed by atoms with Gasteiger partial charge in [-0.3, -0.25) is 10.1 Å². The van der Waals surface area contributed by atoms with E-state index in [4.69, 9.17) is 11.6 Å². The maximum absolute atomic E-state index is 13.5. The Kier molecular flexibility index (Phi) is 4.29. The van der Waals surface area contributed by atoms with Crippen molar-refractivity contribution in [1.82, 2.24) is 4.98 Å². The van der Waals surface area contributed by atoms with Gasteiger partial charge in [-0.25, -0.2) is 9.37 Å². The fourth-order valence-corrected chi connectivity index (χ4v) is 2.75. The molecule has 0 N–H and O–H groups in total. The molecule has 1 aliphatic heterocycles. The van der Waals surface area contributed by atoms with Crippen LogP contribution in [0.2, 0.25) is 5.02 Å². The molecule has 23 heavy (non-hydrogen) atoms. The molecule has 0 radical (unpaired) electrons. The minimum absolute atomic E-state index is 0.0792. The highest BCUT2D eigenvalue weighted by atomic mass is 35.5. The van der Waals surface area contributed by atoms with Gasteiger partial charge >= 0.3 is 0 Å². The molecule has 6 nitrogen and oxygen atoms in total. The molecule has 0 unspecified atom stereocenters. The Hall–Kier alpha value is -2.41. The van der Waals surface area contributed by atoms with Gasteiger partial charge < -0.3 is 9.80 Å². The topological polar surface area (TPSA) is 62.5 Å². The van der Waals surface area contributed by atoms with E-state index in [2.05, 4.69) is 9.88 Å². The van der Waals surface area contributed by atoms with Gasteiger partial charge in [-0.1, -0.05) is 11.6 Å². The van der Waals surface area contributed by atoms with Gasteiger partial charge in [-0.05, 0) is 18.2 Å². The Balaban J connectivity index is 1.75. The van der Waals surface area contributed by atoms with Gasteiger partial charge in [-0.15, -0.1) is 0 Å². The maximum Gasteiger partial charge on any atom is 0.292 e. The van der Waals surface area contributed by atoms with E-state index in [1.165, 1.54) is 12.1 Å². The average Bonchev–Trinajstić information content (AvgIpc) is 2.55. The van der Waals surface area contributed by atoms with Crippen molar-refractivity contribution < 1.29 is 9.31 Å². The minimum atomic E-state index is -0.484. The lowest BCUT2D eigenvalue weighted by atomic mass is 10.2. The van der Waals surface area contributed by atoms with E-state index in [-0.39, 0.29) is 5.69 Å². The normalized spacial score (nSPS) is 14.9. The van der Waals surface area contributed by atoms with E-state index in [9.17, 15) is 14.5 Å². The molecule has 2 aromatic rings. The van der Waals surface area contributed by atoms with Crippen LogP contribution >= 0.6 is 11.6 Å². The third-order valence-corrected chi connectivity index (χ3v) is 4.01. The molecule has 0 aliphatic carbocycles. The van der Waals surface area contributed by atoms with Crippen LogP contribution in [0.5, 0.6) is 0 Å². The van der Waals surface area contributed by atoms with Crippen LogP contribution in [0.1, 0.15) is 0 Å². The van der Waals surface area contributed by atoms with Gasteiger partial charge in [0.2, 0.25) is 0 Å². The van der Waals surface area contributed by atoms with Crippen molar-refractivity contribution in [2.75, 3.05) is 36.0 Å². The highest BCUT2D eigenvalue weighted by Gasteiger charge is 2.24. The largest absolute Gasteiger partial charge is 0.362 e. The number of benzene rings is 1. The fourth-order valence-electron chi connectivity index (χ4n) is 2.64. The molecule has 3 rings (SSSR count). The second-order valence-electron chi connectivity index (χ2n) is 5.20. The Labute approximate surface area is 137 Å². The number of rotatable bonds is 3. The number of hydrogen-bond donors (Lipinski definition) is 0. The number of nitro groups is 1. The molecule has 0 saturated carbocycles. The molecule has 0 amide bonds. The number of piperazine rings is 1. The number of anilines is 2. The van der Waals surface area contributed by atoms with Crippen LogP contribution in [-0.2, 0) is 0 Å². The summed E-state index contributed by atoms with van der Waals surface area (Å²) in [4.78, 5) is 18.8. The first-order valence-corrected chi connectivity index (χ1v) is 7.48. The monoisotopic (exact) mass is 336 g/mol. The first-order chi connectivity index (χ1) is 11.0. The number of nitro benzene ring substituents is 1. The number of hydrogen-bond acceptors (Lipinski definition) is 5. The summed E-state index contributed by atoms with van der Waals surface area (Å²) in [5, 5.41) is 11.7. The molecule has 2 heterocycles.